The summed E-state index contributed by atoms with van der Waals surface area (Å²) in [6.45, 7) is 0. The Bertz CT molecular complexity index is 340. The molecule has 0 aliphatic heterocycles. The van der Waals surface area contributed by atoms with Crippen LogP contribution in [0.3, 0.4) is 0 Å². The summed E-state index contributed by atoms with van der Waals surface area (Å²) in [4.78, 5) is 0. The van der Waals surface area contributed by atoms with Crippen LogP contribution in [0.4, 0.5) is 0 Å². The Balaban J connectivity index is 2.75. The molecule has 0 aromatic rings. The molecular weight excluding hydrogens is 254 g/mol. The molecule has 6 heteroatoms. The fourth-order valence-electron chi connectivity index (χ4n) is 2.88. The van der Waals surface area contributed by atoms with Crippen LogP contribution in [0.15, 0.2) is 0 Å². The van der Waals surface area contributed by atoms with Gasteiger partial charge >= 0.3 is 0 Å². The van der Waals surface area contributed by atoms with Crippen molar-refractivity contribution in [1.82, 2.24) is 5.32 Å². The molecule has 1 fully saturated rings. The van der Waals surface area contributed by atoms with Crippen molar-refractivity contribution in [2.75, 3.05) is 27.5 Å². The summed E-state index contributed by atoms with van der Waals surface area (Å²) < 4.78 is 33.9. The lowest BCUT2D eigenvalue weighted by Gasteiger charge is -2.36. The summed E-state index contributed by atoms with van der Waals surface area (Å²) in [6, 6.07) is 0.0320. The van der Waals surface area contributed by atoms with Gasteiger partial charge in [-0.25, -0.2) is 8.42 Å². The first-order valence-electron chi connectivity index (χ1n) is 6.35. The van der Waals surface area contributed by atoms with E-state index >= 15 is 0 Å². The van der Waals surface area contributed by atoms with Crippen molar-refractivity contribution in [1.29, 1.82) is 0 Å². The number of methoxy groups -OCH3 is 2. The van der Waals surface area contributed by atoms with E-state index in [-0.39, 0.29) is 23.5 Å². The average molecular weight is 279 g/mol. The molecule has 1 aliphatic carbocycles. The summed E-state index contributed by atoms with van der Waals surface area (Å²) in [7, 11) is 2.12. The molecule has 0 aromatic heterocycles. The second-order valence-corrected chi connectivity index (χ2v) is 7.36. The quantitative estimate of drug-likeness (QED) is 0.729. The Kier molecular flexibility index (Phi) is 6.04. The Morgan fingerprint density at radius 2 is 1.83 bits per heavy atom. The third-order valence-corrected chi connectivity index (χ3v) is 5.51. The zero-order valence-corrected chi connectivity index (χ0v) is 12.5. The van der Waals surface area contributed by atoms with Crippen LogP contribution in [0.1, 0.15) is 25.7 Å². The van der Waals surface area contributed by atoms with Gasteiger partial charge in [-0.2, -0.15) is 0 Å². The summed E-state index contributed by atoms with van der Waals surface area (Å²) in [5.41, 5.74) is 0. The minimum absolute atomic E-state index is 0.0320. The van der Waals surface area contributed by atoms with Gasteiger partial charge in [0.05, 0.1) is 11.3 Å². The van der Waals surface area contributed by atoms with Crippen LogP contribution in [-0.4, -0.2) is 53.5 Å². The molecule has 18 heavy (non-hydrogen) atoms. The highest BCUT2D eigenvalue weighted by atomic mass is 32.2. The van der Waals surface area contributed by atoms with E-state index in [1.165, 1.54) is 6.26 Å². The molecule has 0 amide bonds. The highest BCUT2D eigenvalue weighted by Gasteiger charge is 2.36. The van der Waals surface area contributed by atoms with Crippen LogP contribution in [0.5, 0.6) is 0 Å². The van der Waals surface area contributed by atoms with Gasteiger partial charge in [0.2, 0.25) is 0 Å². The molecule has 0 bridgehead atoms. The molecule has 0 saturated heterocycles. The van der Waals surface area contributed by atoms with E-state index in [9.17, 15) is 8.42 Å². The van der Waals surface area contributed by atoms with Crippen molar-refractivity contribution in [2.45, 2.75) is 43.3 Å². The van der Waals surface area contributed by atoms with Crippen LogP contribution in [0.2, 0.25) is 0 Å². The smallest absolute Gasteiger partial charge is 0.172 e. The lowest BCUT2D eigenvalue weighted by atomic mass is 9.83. The van der Waals surface area contributed by atoms with Gasteiger partial charge in [-0.3, -0.25) is 0 Å². The number of hydrogen-bond acceptors (Lipinski definition) is 5. The highest BCUT2D eigenvalue weighted by molar-refractivity contribution is 7.91. The Morgan fingerprint density at radius 1 is 1.22 bits per heavy atom. The van der Waals surface area contributed by atoms with E-state index in [1.54, 1.807) is 14.2 Å². The van der Waals surface area contributed by atoms with Crippen LogP contribution < -0.4 is 5.32 Å². The summed E-state index contributed by atoms with van der Waals surface area (Å²) in [6.07, 6.45) is 4.42. The standard InChI is InChI=1S/C12H25NO4S/c1-13-11(12(16-2)17-3)9-6-5-7-10(8-9)18(4,14)15/h9-13H,5-8H2,1-4H3. The average Bonchev–Trinajstić information content (AvgIpc) is 2.35. The third kappa shape index (κ3) is 3.91. The Morgan fingerprint density at radius 3 is 2.28 bits per heavy atom. The maximum atomic E-state index is 11.7. The van der Waals surface area contributed by atoms with Crippen molar-refractivity contribution >= 4 is 9.84 Å². The maximum Gasteiger partial charge on any atom is 0.172 e. The number of sulfone groups is 1. The predicted molar refractivity (Wildman–Crippen MR) is 71.2 cm³/mol. The van der Waals surface area contributed by atoms with Gasteiger partial charge in [0.1, 0.15) is 9.84 Å². The molecule has 0 spiro atoms. The molecule has 3 unspecified atom stereocenters. The van der Waals surface area contributed by atoms with Crippen molar-refractivity contribution in [3.8, 4) is 0 Å². The molecule has 1 saturated carbocycles. The summed E-state index contributed by atoms with van der Waals surface area (Å²) >= 11 is 0. The first-order chi connectivity index (χ1) is 8.43. The molecule has 0 aromatic carbocycles. The minimum atomic E-state index is -2.95. The zero-order valence-electron chi connectivity index (χ0n) is 11.7. The van der Waals surface area contributed by atoms with Crippen LogP contribution in [0, 0.1) is 5.92 Å². The van der Waals surface area contributed by atoms with Crippen molar-refractivity contribution in [3.05, 3.63) is 0 Å². The van der Waals surface area contributed by atoms with E-state index in [0.29, 0.717) is 6.42 Å². The molecule has 1 rings (SSSR count). The van der Waals surface area contributed by atoms with Crippen LogP contribution in [-0.2, 0) is 19.3 Å². The van der Waals surface area contributed by atoms with Crippen molar-refractivity contribution in [2.24, 2.45) is 5.92 Å². The van der Waals surface area contributed by atoms with Crippen LogP contribution >= 0.6 is 0 Å². The lowest BCUT2D eigenvalue weighted by molar-refractivity contribution is -0.133. The SMILES string of the molecule is CNC(C1CCCC(S(C)(=O)=O)C1)C(OC)OC. The second-order valence-electron chi connectivity index (χ2n) is 5.03. The van der Waals surface area contributed by atoms with Gasteiger partial charge in [-0.15, -0.1) is 0 Å². The van der Waals surface area contributed by atoms with Gasteiger partial charge in [-0.1, -0.05) is 6.42 Å². The number of ether oxygens (including phenoxy) is 2. The van der Waals surface area contributed by atoms with Gasteiger partial charge < -0.3 is 14.8 Å². The van der Waals surface area contributed by atoms with E-state index in [1.807, 2.05) is 7.05 Å². The number of nitrogens with one attached hydrogen (secondary N) is 1. The summed E-state index contributed by atoms with van der Waals surface area (Å²) in [5.74, 6) is 0.272. The first-order valence-corrected chi connectivity index (χ1v) is 8.31. The van der Waals surface area contributed by atoms with E-state index in [4.69, 9.17) is 9.47 Å². The first kappa shape index (κ1) is 15.9. The van der Waals surface area contributed by atoms with Gasteiger partial charge in [0.15, 0.2) is 6.29 Å². The van der Waals surface area contributed by atoms with E-state index in [2.05, 4.69) is 5.32 Å². The lowest BCUT2D eigenvalue weighted by Crippen LogP contribution is -2.48. The Hall–Kier alpha value is -0.170. The second kappa shape index (κ2) is 6.84. The molecule has 1 aliphatic rings. The van der Waals surface area contributed by atoms with Crippen LogP contribution in [0.25, 0.3) is 0 Å². The normalized spacial score (nSPS) is 27.4. The molecule has 1 N–H and O–H groups in total. The zero-order chi connectivity index (χ0) is 13.8. The number of likely N-dealkylation sites (N-methyl/N-ethyl adjacent to an activating group) is 1. The van der Waals surface area contributed by atoms with E-state index in [0.717, 1.165) is 19.3 Å². The number of hydrogen-bond donors (Lipinski definition) is 1. The van der Waals surface area contributed by atoms with Gasteiger partial charge in [0.25, 0.3) is 0 Å². The molecule has 0 heterocycles. The maximum absolute atomic E-state index is 11.7. The molecule has 5 nitrogen and oxygen atoms in total. The third-order valence-electron chi connectivity index (χ3n) is 3.87. The fraction of sp³-hybridized carbons (Fsp3) is 1.00. The largest absolute Gasteiger partial charge is 0.354 e. The Labute approximate surface area is 110 Å². The fourth-order valence-corrected chi connectivity index (χ4v) is 4.07. The van der Waals surface area contributed by atoms with Crippen molar-refractivity contribution < 1.29 is 17.9 Å². The van der Waals surface area contributed by atoms with Crippen molar-refractivity contribution in [3.63, 3.8) is 0 Å². The molecular formula is C12H25NO4S. The number of rotatable bonds is 6. The van der Waals surface area contributed by atoms with Gasteiger partial charge in [-0.05, 0) is 32.2 Å². The monoisotopic (exact) mass is 279 g/mol. The summed E-state index contributed by atoms with van der Waals surface area (Å²) in [5, 5.41) is 2.98. The molecule has 108 valence electrons. The topological polar surface area (TPSA) is 64.6 Å². The minimum Gasteiger partial charge on any atom is -0.354 e. The van der Waals surface area contributed by atoms with E-state index < -0.39 is 9.84 Å². The highest BCUT2D eigenvalue weighted by Crippen LogP contribution is 2.32. The molecule has 3 atom stereocenters. The predicted octanol–water partition coefficient (Wildman–Crippen LogP) is 0.797. The van der Waals surface area contributed by atoms with Gasteiger partial charge in [0, 0.05) is 20.5 Å². The molecule has 0 radical (unpaired) electrons.